The van der Waals surface area contributed by atoms with Crippen LogP contribution in [0.1, 0.15) is 34.7 Å². The van der Waals surface area contributed by atoms with Crippen LogP contribution in [0.3, 0.4) is 0 Å². The van der Waals surface area contributed by atoms with Crippen molar-refractivity contribution in [2.75, 3.05) is 27.2 Å². The minimum Gasteiger partial charge on any atom is -0.507 e. The van der Waals surface area contributed by atoms with Gasteiger partial charge in [-0.2, -0.15) is 0 Å². The maximum atomic E-state index is 12.9. The number of carbonyl (C=O) groups excluding carboxylic acids is 2. The number of nitrogens with zero attached hydrogens (tertiary/aromatic N) is 2. The molecule has 0 spiro atoms. The summed E-state index contributed by atoms with van der Waals surface area (Å²) < 4.78 is 0. The molecule has 1 aliphatic rings. The molecule has 2 aromatic carbocycles. The van der Waals surface area contributed by atoms with Gasteiger partial charge in [0.05, 0.1) is 11.6 Å². The maximum absolute atomic E-state index is 12.9. The quantitative estimate of drug-likeness (QED) is 0.463. The molecule has 0 aliphatic carbocycles. The van der Waals surface area contributed by atoms with Crippen molar-refractivity contribution in [1.29, 1.82) is 0 Å². The zero-order chi connectivity index (χ0) is 21.1. The van der Waals surface area contributed by atoms with Gasteiger partial charge >= 0.3 is 0 Å². The number of ketones is 1. The minimum atomic E-state index is -0.626. The number of carbonyl (C=O) groups is 2. The summed E-state index contributed by atoms with van der Waals surface area (Å²) in [6.45, 7) is 5.21. The number of benzene rings is 2. The van der Waals surface area contributed by atoms with Crippen LogP contribution in [0.15, 0.2) is 54.1 Å². The number of Topliss-reactive ketones (excluding diaryl/α,β-unsaturated/α-hetero) is 1. The lowest BCUT2D eigenvalue weighted by molar-refractivity contribution is -0.139. The first-order valence-corrected chi connectivity index (χ1v) is 9.86. The Balaban J connectivity index is 2.07. The van der Waals surface area contributed by atoms with Crippen molar-refractivity contribution in [3.05, 3.63) is 76.4 Å². The van der Waals surface area contributed by atoms with Crippen LogP contribution in [0.25, 0.3) is 5.76 Å². The van der Waals surface area contributed by atoms with Gasteiger partial charge in [0.15, 0.2) is 0 Å². The normalized spacial score (nSPS) is 18.7. The highest BCUT2D eigenvalue weighted by atomic mass is 16.3. The third-order valence-electron chi connectivity index (χ3n) is 5.26. The topological polar surface area (TPSA) is 60.9 Å². The molecule has 1 fully saturated rings. The van der Waals surface area contributed by atoms with Gasteiger partial charge in [0, 0.05) is 12.1 Å². The number of aliphatic hydroxyl groups is 1. The van der Waals surface area contributed by atoms with Crippen molar-refractivity contribution in [1.82, 2.24) is 9.80 Å². The Labute approximate surface area is 172 Å². The number of amides is 1. The predicted octanol–water partition coefficient (Wildman–Crippen LogP) is 3.68. The highest BCUT2D eigenvalue weighted by molar-refractivity contribution is 6.46. The predicted molar refractivity (Wildman–Crippen MR) is 115 cm³/mol. The second-order valence-electron chi connectivity index (χ2n) is 7.93. The third-order valence-corrected chi connectivity index (χ3v) is 5.26. The summed E-state index contributed by atoms with van der Waals surface area (Å²) in [4.78, 5) is 29.4. The van der Waals surface area contributed by atoms with Crippen LogP contribution >= 0.6 is 0 Å². The maximum Gasteiger partial charge on any atom is 0.295 e. The zero-order valence-corrected chi connectivity index (χ0v) is 17.5. The molecule has 1 unspecified atom stereocenters. The van der Waals surface area contributed by atoms with Gasteiger partial charge in [-0.1, -0.05) is 59.7 Å². The van der Waals surface area contributed by atoms with Gasteiger partial charge in [-0.3, -0.25) is 9.59 Å². The highest BCUT2D eigenvalue weighted by Gasteiger charge is 2.45. The van der Waals surface area contributed by atoms with E-state index in [1.54, 1.807) is 17.0 Å². The molecule has 5 heteroatoms. The lowest BCUT2D eigenvalue weighted by Gasteiger charge is -2.26. The summed E-state index contributed by atoms with van der Waals surface area (Å²) in [7, 11) is 3.95. The van der Waals surface area contributed by atoms with Crippen molar-refractivity contribution in [2.45, 2.75) is 26.3 Å². The molecule has 5 nitrogen and oxygen atoms in total. The summed E-state index contributed by atoms with van der Waals surface area (Å²) >= 11 is 0. The molecule has 3 rings (SSSR count). The molecule has 1 heterocycles. The van der Waals surface area contributed by atoms with Gasteiger partial charge in [-0.05, 0) is 46.5 Å². The van der Waals surface area contributed by atoms with E-state index < -0.39 is 17.7 Å². The number of hydrogen-bond donors (Lipinski definition) is 1. The van der Waals surface area contributed by atoms with E-state index in [-0.39, 0.29) is 11.3 Å². The average Bonchev–Trinajstić information content (AvgIpc) is 2.93. The first-order valence-electron chi connectivity index (χ1n) is 9.86. The molecule has 1 amide bonds. The van der Waals surface area contributed by atoms with E-state index >= 15 is 0 Å². The second kappa shape index (κ2) is 8.62. The van der Waals surface area contributed by atoms with E-state index in [4.69, 9.17) is 0 Å². The zero-order valence-electron chi connectivity index (χ0n) is 17.5. The molecule has 1 N–H and O–H groups in total. The number of hydrogen-bond acceptors (Lipinski definition) is 4. The molecule has 0 aromatic heterocycles. The van der Waals surface area contributed by atoms with Gasteiger partial charge in [-0.15, -0.1) is 0 Å². The first-order chi connectivity index (χ1) is 13.8. The molecule has 0 saturated carbocycles. The van der Waals surface area contributed by atoms with Crippen molar-refractivity contribution >= 4 is 17.4 Å². The molecular weight excluding hydrogens is 364 g/mol. The summed E-state index contributed by atoms with van der Waals surface area (Å²) in [6.07, 6.45) is 0.743. The van der Waals surface area contributed by atoms with E-state index in [0.29, 0.717) is 12.1 Å². The molecule has 1 atom stereocenters. The summed E-state index contributed by atoms with van der Waals surface area (Å²) in [5.41, 5.74) is 3.68. The molecule has 152 valence electrons. The van der Waals surface area contributed by atoms with Crippen LogP contribution in [-0.4, -0.2) is 53.8 Å². The molecule has 1 saturated heterocycles. The summed E-state index contributed by atoms with van der Waals surface area (Å²) in [5.74, 6) is -1.30. The molecule has 0 radical (unpaired) electrons. The van der Waals surface area contributed by atoms with Gasteiger partial charge < -0.3 is 14.9 Å². The van der Waals surface area contributed by atoms with E-state index in [1.807, 2.05) is 69.2 Å². The van der Waals surface area contributed by atoms with Crippen LogP contribution in [0.2, 0.25) is 0 Å². The molecule has 0 bridgehead atoms. The molecule has 29 heavy (non-hydrogen) atoms. The SMILES string of the molecule is Cc1ccc(C(O)=C2C(=O)C(=O)N(CCCN(C)C)C2c2ccc(C)cc2)cc1. The summed E-state index contributed by atoms with van der Waals surface area (Å²) in [6, 6.07) is 14.5. The van der Waals surface area contributed by atoms with Crippen molar-refractivity contribution in [3.63, 3.8) is 0 Å². The fourth-order valence-corrected chi connectivity index (χ4v) is 3.63. The van der Waals surface area contributed by atoms with Crippen LogP contribution in [0.5, 0.6) is 0 Å². The fourth-order valence-electron chi connectivity index (χ4n) is 3.63. The fraction of sp³-hybridized carbons (Fsp3) is 0.333. The van der Waals surface area contributed by atoms with Crippen LogP contribution in [-0.2, 0) is 9.59 Å². The average molecular weight is 392 g/mol. The van der Waals surface area contributed by atoms with E-state index in [1.165, 1.54) is 0 Å². The molecule has 1 aliphatic heterocycles. The number of likely N-dealkylation sites (tertiary alicyclic amines) is 1. The van der Waals surface area contributed by atoms with E-state index in [2.05, 4.69) is 0 Å². The second-order valence-corrected chi connectivity index (χ2v) is 7.93. The smallest absolute Gasteiger partial charge is 0.295 e. The van der Waals surface area contributed by atoms with Gasteiger partial charge in [0.1, 0.15) is 5.76 Å². The Kier molecular flexibility index (Phi) is 6.18. The Morgan fingerprint density at radius 2 is 1.52 bits per heavy atom. The van der Waals surface area contributed by atoms with Crippen molar-refractivity contribution in [2.24, 2.45) is 0 Å². The minimum absolute atomic E-state index is 0.121. The van der Waals surface area contributed by atoms with Gasteiger partial charge in [0.2, 0.25) is 0 Å². The lowest BCUT2D eigenvalue weighted by atomic mass is 9.94. The molecular formula is C24H28N2O3. The van der Waals surface area contributed by atoms with Crippen LogP contribution in [0.4, 0.5) is 0 Å². The monoisotopic (exact) mass is 392 g/mol. The Morgan fingerprint density at radius 1 is 0.966 bits per heavy atom. The number of aliphatic hydroxyl groups excluding tert-OH is 1. The van der Waals surface area contributed by atoms with Crippen molar-refractivity contribution in [3.8, 4) is 0 Å². The summed E-state index contributed by atoms with van der Waals surface area (Å²) in [5, 5.41) is 11.0. The largest absolute Gasteiger partial charge is 0.507 e. The first kappa shape index (κ1) is 20.8. The third kappa shape index (κ3) is 4.40. The van der Waals surface area contributed by atoms with Gasteiger partial charge in [-0.25, -0.2) is 0 Å². The Hall–Kier alpha value is -2.92. The lowest BCUT2D eigenvalue weighted by Crippen LogP contribution is -2.32. The number of aryl methyl sites for hydroxylation is 2. The number of rotatable bonds is 6. The Morgan fingerprint density at radius 3 is 2.07 bits per heavy atom. The van der Waals surface area contributed by atoms with Crippen molar-refractivity contribution < 1.29 is 14.7 Å². The van der Waals surface area contributed by atoms with Gasteiger partial charge in [0.25, 0.3) is 11.7 Å². The standard InChI is InChI=1S/C24H28N2O3/c1-16-6-10-18(11-7-16)21-20(22(27)19-12-8-17(2)9-13-19)23(28)24(29)26(21)15-5-14-25(3)4/h6-13,21,27H,5,14-15H2,1-4H3. The van der Waals surface area contributed by atoms with Crippen LogP contribution < -0.4 is 0 Å². The Bertz CT molecular complexity index is 928. The van der Waals surface area contributed by atoms with E-state index in [0.717, 1.165) is 29.7 Å². The van der Waals surface area contributed by atoms with E-state index in [9.17, 15) is 14.7 Å². The van der Waals surface area contributed by atoms with Crippen LogP contribution in [0, 0.1) is 13.8 Å². The molecule has 2 aromatic rings. The highest BCUT2D eigenvalue weighted by Crippen LogP contribution is 2.39.